The number of aryl methyl sites for hydroxylation is 1. The topological polar surface area (TPSA) is 20.2 Å². The molecule has 2 rings (SSSR count). The second-order valence-corrected chi connectivity index (χ2v) is 5.64. The van der Waals surface area contributed by atoms with Gasteiger partial charge in [-0.05, 0) is 43.2 Å². The van der Waals surface area contributed by atoms with Gasteiger partial charge in [0, 0.05) is 0 Å². The Balaban J connectivity index is 2.56. The number of hydrogen-bond donors (Lipinski definition) is 1. The van der Waals surface area contributed by atoms with Gasteiger partial charge in [0.15, 0.2) is 0 Å². The Morgan fingerprint density at radius 1 is 1.28 bits per heavy atom. The van der Waals surface area contributed by atoms with Crippen LogP contribution in [0.1, 0.15) is 44.2 Å². The molecule has 0 heterocycles. The summed E-state index contributed by atoms with van der Waals surface area (Å²) in [6, 6.07) is 2.66. The smallest absolute Gasteiger partial charge is 0.135 e. The van der Waals surface area contributed by atoms with Crippen molar-refractivity contribution in [2.75, 3.05) is 0 Å². The Morgan fingerprint density at radius 2 is 1.94 bits per heavy atom. The van der Waals surface area contributed by atoms with Crippen LogP contribution in [-0.2, 0) is 5.60 Å². The van der Waals surface area contributed by atoms with Crippen molar-refractivity contribution in [3.63, 3.8) is 0 Å². The summed E-state index contributed by atoms with van der Waals surface area (Å²) in [7, 11) is 0. The van der Waals surface area contributed by atoms with Crippen molar-refractivity contribution in [2.24, 2.45) is 11.8 Å². The fourth-order valence-electron chi connectivity index (χ4n) is 3.05. The maximum absolute atomic E-state index is 14.2. The number of benzene rings is 1. The lowest BCUT2D eigenvalue weighted by Gasteiger charge is -2.42. The molecule has 1 aliphatic rings. The van der Waals surface area contributed by atoms with Crippen LogP contribution in [0.5, 0.6) is 0 Å². The average molecular weight is 254 g/mol. The van der Waals surface area contributed by atoms with Crippen LogP contribution in [0, 0.1) is 30.4 Å². The van der Waals surface area contributed by atoms with Gasteiger partial charge in [-0.3, -0.25) is 0 Å². The highest BCUT2D eigenvalue weighted by Crippen LogP contribution is 2.46. The van der Waals surface area contributed by atoms with Gasteiger partial charge in [0.2, 0.25) is 0 Å². The predicted molar refractivity (Wildman–Crippen MR) is 67.2 cm³/mol. The summed E-state index contributed by atoms with van der Waals surface area (Å²) in [5, 5.41) is 10.8. The minimum atomic E-state index is -1.38. The van der Waals surface area contributed by atoms with E-state index in [-0.39, 0.29) is 17.4 Å². The summed E-state index contributed by atoms with van der Waals surface area (Å²) in [5.41, 5.74) is -1.13. The Bertz CT molecular complexity index is 458. The van der Waals surface area contributed by atoms with Crippen LogP contribution in [0.2, 0.25) is 0 Å². The second kappa shape index (κ2) is 4.61. The first-order valence-corrected chi connectivity index (χ1v) is 6.55. The van der Waals surface area contributed by atoms with Crippen molar-refractivity contribution in [1.29, 1.82) is 0 Å². The van der Waals surface area contributed by atoms with Crippen molar-refractivity contribution in [3.8, 4) is 0 Å². The molecule has 3 unspecified atom stereocenters. The van der Waals surface area contributed by atoms with Gasteiger partial charge >= 0.3 is 0 Å². The first-order valence-electron chi connectivity index (χ1n) is 6.55. The molecule has 0 bridgehead atoms. The van der Waals surface area contributed by atoms with Gasteiger partial charge in [0.1, 0.15) is 11.6 Å². The van der Waals surface area contributed by atoms with Crippen LogP contribution in [0.3, 0.4) is 0 Å². The molecule has 0 spiro atoms. The summed E-state index contributed by atoms with van der Waals surface area (Å²) in [6.45, 7) is 5.50. The van der Waals surface area contributed by atoms with E-state index in [9.17, 15) is 13.9 Å². The first kappa shape index (κ1) is 13.5. The predicted octanol–water partition coefficient (Wildman–Crippen LogP) is 3.92. The van der Waals surface area contributed by atoms with E-state index in [1.54, 1.807) is 6.92 Å². The quantitative estimate of drug-likeness (QED) is 0.805. The third-order valence-corrected chi connectivity index (χ3v) is 4.54. The summed E-state index contributed by atoms with van der Waals surface area (Å²) in [6.07, 6.45) is 2.23. The van der Waals surface area contributed by atoms with E-state index in [1.165, 1.54) is 12.1 Å². The molecule has 1 saturated carbocycles. The Morgan fingerprint density at radius 3 is 2.61 bits per heavy atom. The lowest BCUT2D eigenvalue weighted by atomic mass is 9.67. The monoisotopic (exact) mass is 254 g/mol. The Labute approximate surface area is 107 Å². The zero-order valence-corrected chi connectivity index (χ0v) is 11.1. The average Bonchev–Trinajstić information content (AvgIpc) is 2.31. The van der Waals surface area contributed by atoms with Crippen LogP contribution in [0.25, 0.3) is 0 Å². The highest BCUT2D eigenvalue weighted by atomic mass is 19.1. The zero-order chi connectivity index (χ0) is 13.5. The fourth-order valence-corrected chi connectivity index (χ4v) is 3.05. The molecule has 1 nitrogen and oxygen atoms in total. The maximum atomic E-state index is 14.2. The first-order chi connectivity index (χ1) is 8.38. The molecule has 18 heavy (non-hydrogen) atoms. The fraction of sp³-hybridized carbons (Fsp3) is 0.600. The van der Waals surface area contributed by atoms with Gasteiger partial charge in [0.25, 0.3) is 0 Å². The minimum Gasteiger partial charge on any atom is -0.385 e. The molecule has 3 atom stereocenters. The molecule has 0 saturated heterocycles. The zero-order valence-electron chi connectivity index (χ0n) is 11.1. The van der Waals surface area contributed by atoms with Crippen molar-refractivity contribution < 1.29 is 13.9 Å². The second-order valence-electron chi connectivity index (χ2n) is 5.64. The van der Waals surface area contributed by atoms with E-state index in [1.807, 2.05) is 13.8 Å². The Hall–Kier alpha value is -0.960. The molecule has 1 aliphatic carbocycles. The summed E-state index contributed by atoms with van der Waals surface area (Å²) in [5.74, 6) is -1.11. The van der Waals surface area contributed by atoms with Crippen LogP contribution in [0.4, 0.5) is 8.78 Å². The normalized spacial score (nSPS) is 32.6. The van der Waals surface area contributed by atoms with E-state index in [0.717, 1.165) is 12.8 Å². The molecule has 100 valence electrons. The number of hydrogen-bond acceptors (Lipinski definition) is 1. The van der Waals surface area contributed by atoms with Crippen molar-refractivity contribution in [3.05, 3.63) is 34.9 Å². The minimum absolute atomic E-state index is 0.137. The van der Waals surface area contributed by atoms with Crippen LogP contribution in [0.15, 0.2) is 12.1 Å². The molecular formula is C15H20F2O. The molecule has 0 aliphatic heterocycles. The number of aliphatic hydroxyl groups is 1. The van der Waals surface area contributed by atoms with Gasteiger partial charge in [-0.2, -0.15) is 0 Å². The van der Waals surface area contributed by atoms with Crippen molar-refractivity contribution in [1.82, 2.24) is 0 Å². The van der Waals surface area contributed by atoms with Crippen LogP contribution >= 0.6 is 0 Å². The van der Waals surface area contributed by atoms with E-state index in [0.29, 0.717) is 12.0 Å². The van der Waals surface area contributed by atoms with E-state index >= 15 is 0 Å². The molecule has 0 amide bonds. The van der Waals surface area contributed by atoms with Gasteiger partial charge < -0.3 is 5.11 Å². The third-order valence-electron chi connectivity index (χ3n) is 4.54. The van der Waals surface area contributed by atoms with Crippen LogP contribution in [-0.4, -0.2) is 5.11 Å². The lowest BCUT2D eigenvalue weighted by molar-refractivity contribution is -0.0738. The van der Waals surface area contributed by atoms with E-state index in [2.05, 4.69) is 0 Å². The van der Waals surface area contributed by atoms with Crippen LogP contribution < -0.4 is 0 Å². The van der Waals surface area contributed by atoms with Crippen molar-refractivity contribution >= 4 is 0 Å². The molecular weight excluding hydrogens is 234 g/mol. The number of rotatable bonds is 1. The van der Waals surface area contributed by atoms with Crippen molar-refractivity contribution in [2.45, 2.75) is 45.6 Å². The SMILES string of the molecule is Cc1ccc(F)c(C2(O)CCCC(C)C2C)c1F. The Kier molecular flexibility index (Phi) is 3.45. The van der Waals surface area contributed by atoms with E-state index < -0.39 is 17.2 Å². The lowest BCUT2D eigenvalue weighted by Crippen LogP contribution is -2.42. The number of halogens is 2. The van der Waals surface area contributed by atoms with Gasteiger partial charge in [-0.15, -0.1) is 0 Å². The molecule has 1 N–H and O–H groups in total. The van der Waals surface area contributed by atoms with Gasteiger partial charge in [0.05, 0.1) is 11.2 Å². The molecule has 3 heteroatoms. The summed E-state index contributed by atoms with van der Waals surface area (Å²) >= 11 is 0. The summed E-state index contributed by atoms with van der Waals surface area (Å²) < 4.78 is 28.2. The highest BCUT2D eigenvalue weighted by molar-refractivity contribution is 5.32. The molecule has 0 radical (unpaired) electrons. The largest absolute Gasteiger partial charge is 0.385 e. The standard InChI is InChI=1S/C15H20F2O/c1-9-5-4-8-15(18,11(9)3)13-12(16)7-6-10(2)14(13)17/h6-7,9,11,18H,4-5,8H2,1-3H3. The van der Waals surface area contributed by atoms with E-state index in [4.69, 9.17) is 0 Å². The highest BCUT2D eigenvalue weighted by Gasteiger charge is 2.44. The van der Waals surface area contributed by atoms with Gasteiger partial charge in [-0.1, -0.05) is 26.3 Å². The molecule has 1 aromatic carbocycles. The van der Waals surface area contributed by atoms with Gasteiger partial charge in [-0.25, -0.2) is 8.78 Å². The summed E-state index contributed by atoms with van der Waals surface area (Å²) in [4.78, 5) is 0. The maximum Gasteiger partial charge on any atom is 0.135 e. The molecule has 1 fully saturated rings. The molecule has 1 aromatic rings. The molecule has 0 aromatic heterocycles. The third kappa shape index (κ3) is 1.95.